The van der Waals surface area contributed by atoms with Crippen LogP contribution in [0.15, 0.2) is 0 Å². The van der Waals surface area contributed by atoms with Crippen LogP contribution < -0.4 is 0 Å². The molecule has 92 valence electrons. The SMILES string of the molecule is CC1CCN(C(=O)CSC2CCCC2)CC1. The summed E-state index contributed by atoms with van der Waals surface area (Å²) in [7, 11) is 0. The molecule has 0 aromatic heterocycles. The van der Waals surface area contributed by atoms with Crippen LogP contribution in [0, 0.1) is 5.92 Å². The van der Waals surface area contributed by atoms with Crippen molar-refractivity contribution in [2.75, 3.05) is 18.8 Å². The van der Waals surface area contributed by atoms with Crippen LogP contribution in [0.3, 0.4) is 0 Å². The van der Waals surface area contributed by atoms with Gasteiger partial charge in [-0.15, -0.1) is 11.8 Å². The van der Waals surface area contributed by atoms with Crippen LogP contribution >= 0.6 is 11.8 Å². The number of hydrogen-bond donors (Lipinski definition) is 0. The maximum Gasteiger partial charge on any atom is 0.232 e. The third-order valence-corrected chi connectivity index (χ3v) is 5.24. The molecule has 2 rings (SSSR count). The van der Waals surface area contributed by atoms with Gasteiger partial charge in [0, 0.05) is 18.3 Å². The fraction of sp³-hybridized carbons (Fsp3) is 0.923. The molecule has 1 saturated heterocycles. The van der Waals surface area contributed by atoms with E-state index in [4.69, 9.17) is 0 Å². The molecule has 2 fully saturated rings. The summed E-state index contributed by atoms with van der Waals surface area (Å²) in [4.78, 5) is 14.0. The number of nitrogens with zero attached hydrogens (tertiary/aromatic N) is 1. The first-order chi connectivity index (χ1) is 7.75. The predicted octanol–water partition coefficient (Wildman–Crippen LogP) is 2.92. The Balaban J connectivity index is 1.67. The lowest BCUT2D eigenvalue weighted by Gasteiger charge is -2.30. The van der Waals surface area contributed by atoms with E-state index in [1.165, 1.54) is 38.5 Å². The first-order valence-corrected chi connectivity index (χ1v) is 7.70. The lowest BCUT2D eigenvalue weighted by molar-refractivity contribution is -0.129. The van der Waals surface area contributed by atoms with E-state index in [1.54, 1.807) is 0 Å². The van der Waals surface area contributed by atoms with Gasteiger partial charge in [0.05, 0.1) is 5.75 Å². The highest BCUT2D eigenvalue weighted by molar-refractivity contribution is 8.00. The molecule has 1 saturated carbocycles. The normalized spacial score (nSPS) is 23.9. The first-order valence-electron chi connectivity index (χ1n) is 6.65. The van der Waals surface area contributed by atoms with Crippen molar-refractivity contribution in [2.45, 2.75) is 50.7 Å². The molecule has 0 spiro atoms. The Hall–Kier alpha value is -0.180. The van der Waals surface area contributed by atoms with Gasteiger partial charge in [0.2, 0.25) is 5.91 Å². The third-order valence-electron chi connectivity index (χ3n) is 3.88. The summed E-state index contributed by atoms with van der Waals surface area (Å²) in [5, 5.41) is 0.771. The van der Waals surface area contributed by atoms with Gasteiger partial charge in [-0.3, -0.25) is 4.79 Å². The van der Waals surface area contributed by atoms with E-state index in [0.29, 0.717) is 5.91 Å². The van der Waals surface area contributed by atoms with E-state index in [-0.39, 0.29) is 0 Å². The van der Waals surface area contributed by atoms with Gasteiger partial charge in [-0.1, -0.05) is 19.8 Å². The van der Waals surface area contributed by atoms with Crippen molar-refractivity contribution in [3.05, 3.63) is 0 Å². The molecule has 0 atom stereocenters. The minimum atomic E-state index is 0.379. The molecule has 0 aromatic rings. The lowest BCUT2D eigenvalue weighted by atomic mass is 9.99. The Labute approximate surface area is 103 Å². The molecular weight excluding hydrogens is 218 g/mol. The number of piperidine rings is 1. The average Bonchev–Trinajstić information content (AvgIpc) is 2.80. The monoisotopic (exact) mass is 241 g/mol. The number of rotatable bonds is 3. The Morgan fingerprint density at radius 2 is 1.81 bits per heavy atom. The van der Waals surface area contributed by atoms with Crippen molar-refractivity contribution < 1.29 is 4.79 Å². The van der Waals surface area contributed by atoms with E-state index >= 15 is 0 Å². The lowest BCUT2D eigenvalue weighted by Crippen LogP contribution is -2.39. The van der Waals surface area contributed by atoms with Crippen LogP contribution in [0.5, 0.6) is 0 Å². The highest BCUT2D eigenvalue weighted by Gasteiger charge is 2.22. The Morgan fingerprint density at radius 3 is 2.44 bits per heavy atom. The Bertz CT molecular complexity index is 230. The molecule has 16 heavy (non-hydrogen) atoms. The minimum Gasteiger partial charge on any atom is -0.342 e. The summed E-state index contributed by atoms with van der Waals surface area (Å²) in [6, 6.07) is 0. The molecule has 1 aliphatic heterocycles. The predicted molar refractivity (Wildman–Crippen MR) is 69.7 cm³/mol. The maximum atomic E-state index is 12.0. The van der Waals surface area contributed by atoms with E-state index in [1.807, 2.05) is 11.8 Å². The molecule has 0 N–H and O–H groups in total. The van der Waals surface area contributed by atoms with Crippen LogP contribution in [0.25, 0.3) is 0 Å². The first kappa shape index (κ1) is 12.3. The summed E-state index contributed by atoms with van der Waals surface area (Å²) in [5.74, 6) is 1.91. The van der Waals surface area contributed by atoms with Crippen LogP contribution in [0.2, 0.25) is 0 Å². The van der Waals surface area contributed by atoms with Crippen molar-refractivity contribution in [3.63, 3.8) is 0 Å². The second-order valence-corrected chi connectivity index (χ2v) is 6.57. The molecule has 0 unspecified atom stereocenters. The van der Waals surface area contributed by atoms with Crippen molar-refractivity contribution in [2.24, 2.45) is 5.92 Å². The Kier molecular flexibility index (Phi) is 4.56. The molecule has 2 nitrogen and oxygen atoms in total. The van der Waals surface area contributed by atoms with Gasteiger partial charge in [0.1, 0.15) is 0 Å². The molecule has 1 heterocycles. The van der Waals surface area contributed by atoms with Gasteiger partial charge < -0.3 is 4.90 Å². The summed E-state index contributed by atoms with van der Waals surface area (Å²) in [6.07, 6.45) is 7.78. The molecule has 0 aromatic carbocycles. The topological polar surface area (TPSA) is 20.3 Å². The van der Waals surface area contributed by atoms with Gasteiger partial charge in [-0.05, 0) is 31.6 Å². The third kappa shape index (κ3) is 3.41. The standard InChI is InChI=1S/C13H23NOS/c1-11-6-8-14(9-7-11)13(15)10-16-12-4-2-3-5-12/h11-12H,2-10H2,1H3. The molecule has 1 aliphatic carbocycles. The van der Waals surface area contributed by atoms with E-state index < -0.39 is 0 Å². The maximum absolute atomic E-state index is 12.0. The summed E-state index contributed by atoms with van der Waals surface area (Å²) in [6.45, 7) is 4.27. The molecule has 0 bridgehead atoms. The zero-order chi connectivity index (χ0) is 11.4. The number of thioether (sulfide) groups is 1. The fourth-order valence-electron chi connectivity index (χ4n) is 2.59. The Morgan fingerprint density at radius 1 is 1.19 bits per heavy atom. The van der Waals surface area contributed by atoms with Gasteiger partial charge in [-0.25, -0.2) is 0 Å². The largest absolute Gasteiger partial charge is 0.342 e. The van der Waals surface area contributed by atoms with Gasteiger partial charge in [-0.2, -0.15) is 0 Å². The van der Waals surface area contributed by atoms with E-state index in [2.05, 4.69) is 11.8 Å². The van der Waals surface area contributed by atoms with E-state index in [0.717, 1.165) is 30.0 Å². The van der Waals surface area contributed by atoms with Gasteiger partial charge >= 0.3 is 0 Å². The quantitative estimate of drug-likeness (QED) is 0.757. The number of likely N-dealkylation sites (tertiary alicyclic amines) is 1. The summed E-state index contributed by atoms with van der Waals surface area (Å²) < 4.78 is 0. The number of hydrogen-bond acceptors (Lipinski definition) is 2. The number of carbonyl (C=O) groups is 1. The van der Waals surface area contributed by atoms with E-state index in [9.17, 15) is 4.79 Å². The van der Waals surface area contributed by atoms with Crippen molar-refractivity contribution in [1.82, 2.24) is 4.90 Å². The summed E-state index contributed by atoms with van der Waals surface area (Å²) >= 11 is 1.90. The average molecular weight is 241 g/mol. The van der Waals surface area contributed by atoms with Gasteiger partial charge in [0.15, 0.2) is 0 Å². The highest BCUT2D eigenvalue weighted by Crippen LogP contribution is 2.29. The highest BCUT2D eigenvalue weighted by atomic mass is 32.2. The van der Waals surface area contributed by atoms with Crippen molar-refractivity contribution >= 4 is 17.7 Å². The molecule has 3 heteroatoms. The zero-order valence-corrected chi connectivity index (χ0v) is 11.1. The fourth-order valence-corrected chi connectivity index (χ4v) is 3.82. The van der Waals surface area contributed by atoms with Crippen LogP contribution in [-0.4, -0.2) is 34.9 Å². The molecule has 2 aliphatic rings. The smallest absolute Gasteiger partial charge is 0.232 e. The molecular formula is C13H23NOS. The van der Waals surface area contributed by atoms with Crippen molar-refractivity contribution in [3.8, 4) is 0 Å². The molecule has 1 amide bonds. The second-order valence-electron chi connectivity index (χ2n) is 5.28. The minimum absolute atomic E-state index is 0.379. The van der Waals surface area contributed by atoms with Gasteiger partial charge in [0.25, 0.3) is 0 Å². The zero-order valence-electron chi connectivity index (χ0n) is 10.3. The number of amides is 1. The van der Waals surface area contributed by atoms with Crippen LogP contribution in [-0.2, 0) is 4.79 Å². The van der Waals surface area contributed by atoms with Crippen LogP contribution in [0.4, 0.5) is 0 Å². The van der Waals surface area contributed by atoms with Crippen molar-refractivity contribution in [1.29, 1.82) is 0 Å². The van der Waals surface area contributed by atoms with Crippen LogP contribution in [0.1, 0.15) is 45.4 Å². The number of carbonyl (C=O) groups excluding carboxylic acids is 1. The summed E-state index contributed by atoms with van der Waals surface area (Å²) in [5.41, 5.74) is 0. The molecule has 0 radical (unpaired) electrons. The second kappa shape index (κ2) is 5.95.